The minimum atomic E-state index is -0.450. The molecule has 12 heavy (non-hydrogen) atoms. The summed E-state index contributed by atoms with van der Waals surface area (Å²) >= 11 is 0. The van der Waals surface area contributed by atoms with Gasteiger partial charge >= 0.3 is 6.03 Å². The second-order valence-corrected chi connectivity index (χ2v) is 2.52. The number of urea groups is 1. The zero-order chi connectivity index (χ0) is 9.40. The van der Waals surface area contributed by atoms with Gasteiger partial charge < -0.3 is 21.1 Å². The van der Waals surface area contributed by atoms with Gasteiger partial charge in [0.25, 0.3) is 0 Å². The van der Waals surface area contributed by atoms with Gasteiger partial charge in [0.1, 0.15) is 6.73 Å². The number of methoxy groups -OCH3 is 1. The van der Waals surface area contributed by atoms with Crippen molar-refractivity contribution in [1.29, 1.82) is 0 Å². The van der Waals surface area contributed by atoms with Crippen molar-refractivity contribution in [3.8, 4) is 0 Å². The summed E-state index contributed by atoms with van der Waals surface area (Å²) in [5, 5.41) is 0. The molecule has 0 aliphatic rings. The quantitative estimate of drug-likeness (QED) is 0.430. The zero-order valence-corrected chi connectivity index (χ0v) is 7.45. The highest BCUT2D eigenvalue weighted by molar-refractivity contribution is 5.71. The third-order valence-corrected chi connectivity index (χ3v) is 1.48. The Kier molecular flexibility index (Phi) is 6.41. The Labute approximate surface area is 72.6 Å². The smallest absolute Gasteiger partial charge is 0.316 e. The first kappa shape index (κ1) is 11.2. The molecule has 4 N–H and O–H groups in total. The summed E-state index contributed by atoms with van der Waals surface area (Å²) in [6.45, 7) is 1.50. The Morgan fingerprint density at radius 1 is 1.50 bits per heavy atom. The second kappa shape index (κ2) is 6.87. The lowest BCUT2D eigenvalue weighted by Gasteiger charge is -2.18. The number of hydrogen-bond acceptors (Lipinski definition) is 3. The van der Waals surface area contributed by atoms with Crippen LogP contribution < -0.4 is 11.5 Å². The maximum absolute atomic E-state index is 10.7. The molecule has 0 saturated heterocycles. The van der Waals surface area contributed by atoms with Crippen LogP contribution in [0.1, 0.15) is 12.8 Å². The average Bonchev–Trinajstić information content (AvgIpc) is 2.03. The topological polar surface area (TPSA) is 81.6 Å². The van der Waals surface area contributed by atoms with E-state index in [9.17, 15) is 4.79 Å². The van der Waals surface area contributed by atoms with Gasteiger partial charge in [-0.25, -0.2) is 4.79 Å². The minimum absolute atomic E-state index is 0.250. The zero-order valence-electron chi connectivity index (χ0n) is 7.45. The molecule has 5 nitrogen and oxygen atoms in total. The van der Waals surface area contributed by atoms with Crippen LogP contribution in [0.2, 0.25) is 0 Å². The molecular weight excluding hydrogens is 158 g/mol. The van der Waals surface area contributed by atoms with Crippen LogP contribution in [0, 0.1) is 0 Å². The maximum atomic E-state index is 10.7. The summed E-state index contributed by atoms with van der Waals surface area (Å²) in [7, 11) is 1.53. The van der Waals surface area contributed by atoms with E-state index in [1.54, 1.807) is 0 Å². The number of nitrogens with two attached hydrogens (primary N) is 2. The Hall–Kier alpha value is -0.810. The molecule has 0 heterocycles. The Balaban J connectivity index is 3.56. The first-order valence-electron chi connectivity index (χ1n) is 3.95. The molecule has 0 bridgehead atoms. The van der Waals surface area contributed by atoms with Crippen molar-refractivity contribution in [2.45, 2.75) is 12.8 Å². The lowest BCUT2D eigenvalue weighted by atomic mass is 10.3. The van der Waals surface area contributed by atoms with Crippen molar-refractivity contribution in [1.82, 2.24) is 4.90 Å². The fourth-order valence-corrected chi connectivity index (χ4v) is 0.841. The van der Waals surface area contributed by atoms with Crippen molar-refractivity contribution >= 4 is 6.03 Å². The number of carbonyl (C=O) groups is 1. The lowest BCUT2D eigenvalue weighted by molar-refractivity contribution is 0.0854. The van der Waals surface area contributed by atoms with E-state index in [1.165, 1.54) is 12.0 Å². The number of unbranched alkanes of at least 4 members (excludes halogenated alkanes) is 1. The predicted molar refractivity (Wildman–Crippen MR) is 46.5 cm³/mol. The number of nitrogens with zero attached hydrogens (tertiary/aromatic N) is 1. The van der Waals surface area contributed by atoms with E-state index >= 15 is 0 Å². The lowest BCUT2D eigenvalue weighted by Crippen LogP contribution is -2.37. The van der Waals surface area contributed by atoms with Crippen LogP contribution in [0.3, 0.4) is 0 Å². The molecule has 0 rings (SSSR count). The largest absolute Gasteiger partial charge is 0.364 e. The number of rotatable bonds is 6. The molecule has 0 aliphatic carbocycles. The Morgan fingerprint density at radius 2 is 2.17 bits per heavy atom. The number of carbonyl (C=O) groups excluding carboxylic acids is 1. The van der Waals surface area contributed by atoms with Gasteiger partial charge in [0.15, 0.2) is 0 Å². The predicted octanol–water partition coefficient (Wildman–Crippen LogP) is -0.290. The first-order chi connectivity index (χ1) is 5.72. The number of hydrogen-bond donors (Lipinski definition) is 2. The summed E-state index contributed by atoms with van der Waals surface area (Å²) in [5.41, 5.74) is 10.4. The summed E-state index contributed by atoms with van der Waals surface area (Å²) < 4.78 is 4.79. The van der Waals surface area contributed by atoms with Gasteiger partial charge in [-0.15, -0.1) is 0 Å². The fraction of sp³-hybridized carbons (Fsp3) is 0.857. The van der Waals surface area contributed by atoms with Crippen LogP contribution in [0.4, 0.5) is 4.79 Å². The third-order valence-electron chi connectivity index (χ3n) is 1.48. The van der Waals surface area contributed by atoms with Crippen LogP contribution >= 0.6 is 0 Å². The Morgan fingerprint density at radius 3 is 2.58 bits per heavy atom. The van der Waals surface area contributed by atoms with E-state index in [1.807, 2.05) is 0 Å². The monoisotopic (exact) mass is 175 g/mol. The standard InChI is InChI=1S/C7H17N3O2/c1-12-6-10(7(9)11)5-3-2-4-8/h2-6,8H2,1H3,(H2,9,11). The molecule has 72 valence electrons. The van der Waals surface area contributed by atoms with Gasteiger partial charge in [0.2, 0.25) is 0 Å². The van der Waals surface area contributed by atoms with Crippen LogP contribution in [-0.4, -0.2) is 37.9 Å². The van der Waals surface area contributed by atoms with Crippen LogP contribution in [0.15, 0.2) is 0 Å². The number of ether oxygens (including phenoxy) is 1. The number of primary amides is 1. The highest BCUT2D eigenvalue weighted by Crippen LogP contribution is 1.93. The van der Waals surface area contributed by atoms with Gasteiger partial charge in [-0.05, 0) is 19.4 Å². The van der Waals surface area contributed by atoms with Gasteiger partial charge in [-0.1, -0.05) is 0 Å². The van der Waals surface area contributed by atoms with Crippen molar-refractivity contribution in [2.75, 3.05) is 26.9 Å². The molecule has 0 aromatic carbocycles. The molecule has 0 aromatic rings. The highest BCUT2D eigenvalue weighted by atomic mass is 16.5. The molecule has 0 unspecified atom stereocenters. The summed E-state index contributed by atoms with van der Waals surface area (Å²) in [6, 6.07) is -0.450. The molecule has 2 amide bonds. The van der Waals surface area contributed by atoms with Crippen molar-refractivity contribution in [2.24, 2.45) is 11.5 Å². The van der Waals surface area contributed by atoms with E-state index in [2.05, 4.69) is 0 Å². The molecule has 0 saturated carbocycles. The molecule has 0 spiro atoms. The van der Waals surface area contributed by atoms with Gasteiger partial charge in [0.05, 0.1) is 0 Å². The van der Waals surface area contributed by atoms with Gasteiger partial charge in [0, 0.05) is 13.7 Å². The molecule has 0 aromatic heterocycles. The van der Waals surface area contributed by atoms with Crippen LogP contribution in [0.5, 0.6) is 0 Å². The Bertz CT molecular complexity index is 130. The van der Waals surface area contributed by atoms with E-state index in [0.717, 1.165) is 12.8 Å². The van der Waals surface area contributed by atoms with Gasteiger partial charge in [-0.2, -0.15) is 0 Å². The third kappa shape index (κ3) is 4.92. The summed E-state index contributed by atoms with van der Waals surface area (Å²) in [4.78, 5) is 12.2. The highest BCUT2D eigenvalue weighted by Gasteiger charge is 2.06. The minimum Gasteiger partial charge on any atom is -0.364 e. The SMILES string of the molecule is COCN(CCCCN)C(N)=O. The van der Waals surface area contributed by atoms with E-state index in [0.29, 0.717) is 13.1 Å². The van der Waals surface area contributed by atoms with Crippen molar-refractivity contribution in [3.05, 3.63) is 0 Å². The summed E-state index contributed by atoms with van der Waals surface area (Å²) in [5.74, 6) is 0. The summed E-state index contributed by atoms with van der Waals surface area (Å²) in [6.07, 6.45) is 1.76. The van der Waals surface area contributed by atoms with E-state index < -0.39 is 6.03 Å². The molecule has 0 radical (unpaired) electrons. The van der Waals surface area contributed by atoms with Crippen molar-refractivity contribution in [3.63, 3.8) is 0 Å². The fourth-order valence-electron chi connectivity index (χ4n) is 0.841. The van der Waals surface area contributed by atoms with E-state index in [4.69, 9.17) is 16.2 Å². The average molecular weight is 175 g/mol. The molecule has 0 fully saturated rings. The maximum Gasteiger partial charge on any atom is 0.316 e. The van der Waals surface area contributed by atoms with E-state index in [-0.39, 0.29) is 6.73 Å². The van der Waals surface area contributed by atoms with Crippen molar-refractivity contribution < 1.29 is 9.53 Å². The molecule has 0 aliphatic heterocycles. The number of amides is 2. The molecule has 0 atom stereocenters. The van der Waals surface area contributed by atoms with Crippen LogP contribution in [0.25, 0.3) is 0 Å². The second-order valence-electron chi connectivity index (χ2n) is 2.52. The van der Waals surface area contributed by atoms with Crippen LogP contribution in [-0.2, 0) is 4.74 Å². The first-order valence-corrected chi connectivity index (χ1v) is 3.95. The molecule has 5 heteroatoms. The van der Waals surface area contributed by atoms with Gasteiger partial charge in [-0.3, -0.25) is 0 Å². The normalized spacial score (nSPS) is 9.83. The molecular formula is C7H17N3O2.